The van der Waals surface area contributed by atoms with Crippen molar-refractivity contribution in [2.75, 3.05) is 18.1 Å². The Bertz CT molecular complexity index is 570. The van der Waals surface area contributed by atoms with Gasteiger partial charge in [0.15, 0.2) is 5.88 Å². The average molecular weight is 284 g/mol. The van der Waals surface area contributed by atoms with Crippen LogP contribution in [0.15, 0.2) is 16.9 Å². The Kier molecular flexibility index (Phi) is 3.79. The molecule has 1 aromatic rings. The van der Waals surface area contributed by atoms with Gasteiger partial charge in [-0.3, -0.25) is 14.6 Å². The number of thioether (sulfide) groups is 1. The van der Waals surface area contributed by atoms with Crippen LogP contribution < -0.4 is 5.56 Å². The second-order valence-electron chi connectivity index (χ2n) is 4.05. The maximum absolute atomic E-state index is 12.2. The predicted molar refractivity (Wildman–Crippen MR) is 68.5 cm³/mol. The molecule has 1 saturated heterocycles. The lowest BCUT2D eigenvalue weighted by atomic mass is 10.2. The topological polar surface area (TPSA) is 111 Å². The highest BCUT2D eigenvalue weighted by Crippen LogP contribution is 2.19. The fourth-order valence-corrected chi connectivity index (χ4v) is 2.91. The van der Waals surface area contributed by atoms with Gasteiger partial charge in [0, 0.05) is 30.2 Å². The molecule has 0 bridgehead atoms. The first-order chi connectivity index (χ1) is 8.99. The van der Waals surface area contributed by atoms with Crippen LogP contribution in [0.4, 0.5) is 0 Å². The molecule has 1 atom stereocenters. The zero-order chi connectivity index (χ0) is 14.0. The number of rotatable bonds is 2. The molecule has 2 rings (SSSR count). The standard InChI is InChI=1S/C11H12N2O5S/c14-8-3-6(4-9(15)12-8)10(16)13-1-2-19-5-7(13)11(17)18/h3-4,7H,1-2,5H2,(H,17,18)(H2,12,14,15). The van der Waals surface area contributed by atoms with Crippen LogP contribution in [0.5, 0.6) is 5.88 Å². The molecule has 0 spiro atoms. The van der Waals surface area contributed by atoms with Gasteiger partial charge < -0.3 is 15.1 Å². The minimum absolute atomic E-state index is 0.0144. The van der Waals surface area contributed by atoms with Gasteiger partial charge in [-0.25, -0.2) is 4.79 Å². The summed E-state index contributed by atoms with van der Waals surface area (Å²) in [5.41, 5.74) is -0.624. The number of H-pyrrole nitrogens is 1. The fourth-order valence-electron chi connectivity index (χ4n) is 1.87. The molecule has 0 aromatic carbocycles. The molecule has 8 heteroatoms. The van der Waals surface area contributed by atoms with E-state index in [0.717, 1.165) is 12.1 Å². The number of carbonyl (C=O) groups is 2. The van der Waals surface area contributed by atoms with Gasteiger partial charge in [0.2, 0.25) is 0 Å². The van der Waals surface area contributed by atoms with Crippen LogP contribution in [0.2, 0.25) is 0 Å². The van der Waals surface area contributed by atoms with Gasteiger partial charge in [-0.15, -0.1) is 0 Å². The van der Waals surface area contributed by atoms with E-state index < -0.39 is 29.4 Å². The zero-order valence-electron chi connectivity index (χ0n) is 9.83. The Morgan fingerprint density at radius 1 is 1.42 bits per heavy atom. The summed E-state index contributed by atoms with van der Waals surface area (Å²) < 4.78 is 0. The van der Waals surface area contributed by atoms with Crippen molar-refractivity contribution >= 4 is 23.6 Å². The van der Waals surface area contributed by atoms with Gasteiger partial charge in [-0.2, -0.15) is 11.8 Å². The lowest BCUT2D eigenvalue weighted by molar-refractivity contribution is -0.141. The molecule has 1 aliphatic rings. The summed E-state index contributed by atoms with van der Waals surface area (Å²) in [5, 5.41) is 18.4. The van der Waals surface area contributed by atoms with E-state index in [4.69, 9.17) is 5.11 Å². The van der Waals surface area contributed by atoms with Crippen LogP contribution in [0.3, 0.4) is 0 Å². The molecule has 0 saturated carbocycles. The Balaban J connectivity index is 2.31. The van der Waals surface area contributed by atoms with Crippen molar-refractivity contribution in [3.05, 3.63) is 28.0 Å². The largest absolute Gasteiger partial charge is 0.494 e. The number of aromatic hydroxyl groups is 1. The lowest BCUT2D eigenvalue weighted by Crippen LogP contribution is -2.50. The third-order valence-electron chi connectivity index (χ3n) is 2.75. The Morgan fingerprint density at radius 2 is 2.16 bits per heavy atom. The molecule has 1 aromatic heterocycles. The van der Waals surface area contributed by atoms with Crippen molar-refractivity contribution in [1.29, 1.82) is 0 Å². The number of nitrogens with one attached hydrogen (secondary N) is 1. The quantitative estimate of drug-likeness (QED) is 0.689. The Morgan fingerprint density at radius 3 is 2.79 bits per heavy atom. The zero-order valence-corrected chi connectivity index (χ0v) is 10.6. The smallest absolute Gasteiger partial charge is 0.327 e. The van der Waals surface area contributed by atoms with Gasteiger partial charge in [0.25, 0.3) is 11.5 Å². The number of carbonyl (C=O) groups excluding carboxylic acids is 1. The van der Waals surface area contributed by atoms with Crippen LogP contribution in [0.1, 0.15) is 10.4 Å². The van der Waals surface area contributed by atoms with E-state index in [0.29, 0.717) is 18.1 Å². The lowest BCUT2D eigenvalue weighted by Gasteiger charge is -2.32. The second-order valence-corrected chi connectivity index (χ2v) is 5.20. The molecule has 19 heavy (non-hydrogen) atoms. The summed E-state index contributed by atoms with van der Waals surface area (Å²) in [7, 11) is 0. The van der Waals surface area contributed by atoms with Crippen molar-refractivity contribution in [2.24, 2.45) is 0 Å². The Labute approximate surface area is 112 Å². The fraction of sp³-hybridized carbons (Fsp3) is 0.364. The van der Waals surface area contributed by atoms with Crippen LogP contribution in [0.25, 0.3) is 0 Å². The van der Waals surface area contributed by atoms with Crippen molar-refractivity contribution < 1.29 is 19.8 Å². The molecule has 1 fully saturated rings. The number of carboxylic acids is 1. The number of pyridine rings is 1. The average Bonchev–Trinajstić information content (AvgIpc) is 2.36. The molecule has 1 aliphatic heterocycles. The number of hydrogen-bond donors (Lipinski definition) is 3. The highest BCUT2D eigenvalue weighted by Gasteiger charge is 2.33. The van der Waals surface area contributed by atoms with E-state index >= 15 is 0 Å². The van der Waals surface area contributed by atoms with E-state index in [1.165, 1.54) is 16.7 Å². The van der Waals surface area contributed by atoms with E-state index in [1.54, 1.807) is 0 Å². The summed E-state index contributed by atoms with van der Waals surface area (Å²) in [5.74, 6) is -1.10. The van der Waals surface area contributed by atoms with Crippen LogP contribution in [-0.4, -0.2) is 56.1 Å². The highest BCUT2D eigenvalue weighted by molar-refractivity contribution is 7.99. The first-order valence-corrected chi connectivity index (χ1v) is 6.69. The van der Waals surface area contributed by atoms with Gasteiger partial charge in [-0.05, 0) is 0 Å². The van der Waals surface area contributed by atoms with E-state index in [9.17, 15) is 19.5 Å². The Hall–Kier alpha value is -1.96. The predicted octanol–water partition coefficient (Wildman–Crippen LogP) is -0.277. The van der Waals surface area contributed by atoms with Crippen molar-refractivity contribution in [1.82, 2.24) is 9.88 Å². The normalized spacial score (nSPS) is 19.2. The number of nitrogens with zero attached hydrogens (tertiary/aromatic N) is 1. The van der Waals surface area contributed by atoms with Gasteiger partial charge >= 0.3 is 5.97 Å². The molecule has 102 valence electrons. The number of carboxylic acid groups (broad SMARTS) is 1. The molecule has 2 heterocycles. The number of amides is 1. The third kappa shape index (κ3) is 2.90. The van der Waals surface area contributed by atoms with Crippen molar-refractivity contribution in [3.8, 4) is 5.88 Å². The third-order valence-corrected chi connectivity index (χ3v) is 3.77. The van der Waals surface area contributed by atoms with Crippen molar-refractivity contribution in [3.63, 3.8) is 0 Å². The van der Waals surface area contributed by atoms with E-state index in [-0.39, 0.29) is 5.56 Å². The molecular formula is C11H12N2O5S. The summed E-state index contributed by atoms with van der Waals surface area (Å²) in [6, 6.07) is 1.25. The highest BCUT2D eigenvalue weighted by atomic mass is 32.2. The summed E-state index contributed by atoms with van der Waals surface area (Å²) >= 11 is 1.46. The van der Waals surface area contributed by atoms with E-state index in [1.807, 2.05) is 0 Å². The molecule has 1 unspecified atom stereocenters. The van der Waals surface area contributed by atoms with Crippen LogP contribution >= 0.6 is 11.8 Å². The number of hydrogen-bond acceptors (Lipinski definition) is 5. The first kappa shape index (κ1) is 13.5. The van der Waals surface area contributed by atoms with Gasteiger partial charge in [0.05, 0.1) is 5.56 Å². The van der Waals surface area contributed by atoms with E-state index in [2.05, 4.69) is 4.98 Å². The van der Waals surface area contributed by atoms with Crippen molar-refractivity contribution in [2.45, 2.75) is 6.04 Å². The molecule has 0 radical (unpaired) electrons. The minimum Gasteiger partial charge on any atom is -0.494 e. The second kappa shape index (κ2) is 5.35. The molecule has 7 nitrogen and oxygen atoms in total. The molecular weight excluding hydrogens is 272 g/mol. The number of aliphatic carboxylic acids is 1. The number of aromatic nitrogens is 1. The SMILES string of the molecule is O=C(O)C1CSCCN1C(=O)c1cc(O)[nH]c(=O)c1. The first-order valence-electron chi connectivity index (χ1n) is 5.54. The monoisotopic (exact) mass is 284 g/mol. The van der Waals surface area contributed by atoms with Gasteiger partial charge in [-0.1, -0.05) is 0 Å². The van der Waals surface area contributed by atoms with Crippen LogP contribution in [-0.2, 0) is 4.79 Å². The van der Waals surface area contributed by atoms with Gasteiger partial charge in [0.1, 0.15) is 6.04 Å². The summed E-state index contributed by atoms with van der Waals surface area (Å²) in [6.45, 7) is 0.300. The molecule has 0 aliphatic carbocycles. The maximum atomic E-state index is 12.2. The number of aromatic amines is 1. The summed E-state index contributed by atoms with van der Waals surface area (Å²) in [6.07, 6.45) is 0. The molecule has 3 N–H and O–H groups in total. The molecule has 1 amide bonds. The minimum atomic E-state index is -1.07. The summed E-state index contributed by atoms with van der Waals surface area (Å²) in [4.78, 5) is 37.9. The maximum Gasteiger partial charge on any atom is 0.327 e. The van der Waals surface area contributed by atoms with Crippen LogP contribution in [0, 0.1) is 0 Å².